The Balaban J connectivity index is 2.29. The van der Waals surface area contributed by atoms with Gasteiger partial charge in [0, 0.05) is 17.2 Å². The summed E-state index contributed by atoms with van der Waals surface area (Å²) < 4.78 is 5.55. The lowest BCUT2D eigenvalue weighted by Crippen LogP contribution is -2.11. The second kappa shape index (κ2) is 5.62. The van der Waals surface area contributed by atoms with E-state index in [1.54, 1.807) is 25.3 Å². The van der Waals surface area contributed by atoms with E-state index in [-0.39, 0.29) is 5.69 Å². The van der Waals surface area contributed by atoms with Crippen LogP contribution in [0.25, 0.3) is 11.3 Å². The first-order valence-electron chi connectivity index (χ1n) is 6.02. The fourth-order valence-corrected chi connectivity index (χ4v) is 1.72. The quantitative estimate of drug-likeness (QED) is 0.661. The molecule has 2 rings (SSSR count). The van der Waals surface area contributed by atoms with E-state index < -0.39 is 4.92 Å². The van der Waals surface area contributed by atoms with Crippen LogP contribution in [0.4, 0.5) is 5.69 Å². The van der Waals surface area contributed by atoms with Gasteiger partial charge in [0.05, 0.1) is 17.7 Å². The molecule has 0 aliphatic rings. The summed E-state index contributed by atoms with van der Waals surface area (Å²) in [4.78, 5) is 14.6. The van der Waals surface area contributed by atoms with Gasteiger partial charge in [-0.05, 0) is 13.5 Å². The smallest absolute Gasteiger partial charge is 0.273 e. The zero-order valence-corrected chi connectivity index (χ0v) is 10.8. The molecule has 0 radical (unpaired) electrons. The molecule has 0 saturated carbocycles. The van der Waals surface area contributed by atoms with Crippen molar-refractivity contribution in [3.63, 3.8) is 0 Å². The zero-order valence-electron chi connectivity index (χ0n) is 10.8. The number of aromatic nitrogens is 1. The maximum absolute atomic E-state index is 10.9. The highest BCUT2D eigenvalue weighted by molar-refractivity contribution is 5.62. The Morgan fingerprint density at radius 2 is 2.26 bits per heavy atom. The number of nitrogens with one attached hydrogen (secondary N) is 1. The van der Waals surface area contributed by atoms with Crippen LogP contribution in [0.5, 0.6) is 0 Å². The second-order valence-corrected chi connectivity index (χ2v) is 4.16. The van der Waals surface area contributed by atoms with Crippen LogP contribution in [0.2, 0.25) is 0 Å². The summed E-state index contributed by atoms with van der Waals surface area (Å²) in [6.45, 7) is 5.07. The Kier molecular flexibility index (Phi) is 3.91. The van der Waals surface area contributed by atoms with Crippen LogP contribution in [0.3, 0.4) is 0 Å². The van der Waals surface area contributed by atoms with E-state index in [2.05, 4.69) is 10.3 Å². The van der Waals surface area contributed by atoms with Gasteiger partial charge in [0.15, 0.2) is 5.76 Å². The van der Waals surface area contributed by atoms with Gasteiger partial charge in [-0.2, -0.15) is 0 Å². The molecule has 0 saturated heterocycles. The molecule has 6 nitrogen and oxygen atoms in total. The molecule has 1 heterocycles. The minimum absolute atomic E-state index is 0.0853. The number of nitro benzene ring substituents is 1. The second-order valence-electron chi connectivity index (χ2n) is 4.16. The molecule has 0 fully saturated rings. The van der Waals surface area contributed by atoms with E-state index in [1.165, 1.54) is 6.07 Å². The molecule has 0 aliphatic heterocycles. The van der Waals surface area contributed by atoms with E-state index in [0.717, 1.165) is 6.54 Å². The van der Waals surface area contributed by atoms with Crippen molar-refractivity contribution in [2.75, 3.05) is 6.54 Å². The summed E-state index contributed by atoms with van der Waals surface area (Å²) >= 11 is 0. The first kappa shape index (κ1) is 13.2. The van der Waals surface area contributed by atoms with Gasteiger partial charge in [-0.3, -0.25) is 10.1 Å². The van der Waals surface area contributed by atoms with Crippen molar-refractivity contribution in [1.82, 2.24) is 10.3 Å². The predicted octanol–water partition coefficient (Wildman–Crippen LogP) is 2.67. The maximum Gasteiger partial charge on any atom is 0.273 e. The normalized spacial score (nSPS) is 10.6. The van der Waals surface area contributed by atoms with Crippen LogP contribution in [0, 0.1) is 17.0 Å². The predicted molar refractivity (Wildman–Crippen MR) is 70.7 cm³/mol. The van der Waals surface area contributed by atoms with Gasteiger partial charge in [0.1, 0.15) is 0 Å². The van der Waals surface area contributed by atoms with Crippen molar-refractivity contribution >= 4 is 5.69 Å². The zero-order chi connectivity index (χ0) is 13.8. The molecule has 2 aromatic rings. The lowest BCUT2D eigenvalue weighted by atomic mass is 10.1. The molecule has 0 bridgehead atoms. The number of nitro groups is 1. The monoisotopic (exact) mass is 261 g/mol. The van der Waals surface area contributed by atoms with Gasteiger partial charge in [-0.15, -0.1) is 0 Å². The van der Waals surface area contributed by atoms with Crippen molar-refractivity contribution in [2.45, 2.75) is 20.4 Å². The topological polar surface area (TPSA) is 81.2 Å². The molecule has 1 aromatic heterocycles. The number of hydrogen-bond acceptors (Lipinski definition) is 5. The standard InChI is InChI=1S/C13H15N3O3/c1-3-14-8-13-15-7-12(19-13)10-5-4-9(2)11(6-10)16(17)18/h4-7,14H,3,8H2,1-2H3. The van der Waals surface area contributed by atoms with Gasteiger partial charge in [-0.25, -0.2) is 4.98 Å². The van der Waals surface area contributed by atoms with Gasteiger partial charge in [-0.1, -0.05) is 19.1 Å². The van der Waals surface area contributed by atoms with Gasteiger partial charge in [0.2, 0.25) is 5.89 Å². The minimum Gasteiger partial charge on any atom is -0.439 e. The van der Waals surface area contributed by atoms with Gasteiger partial charge >= 0.3 is 0 Å². The molecule has 0 atom stereocenters. The molecule has 0 spiro atoms. The third kappa shape index (κ3) is 2.97. The number of nitrogens with zero attached hydrogens (tertiary/aromatic N) is 2. The number of benzene rings is 1. The lowest BCUT2D eigenvalue weighted by Gasteiger charge is -2.00. The largest absolute Gasteiger partial charge is 0.439 e. The van der Waals surface area contributed by atoms with Crippen LogP contribution in [0.15, 0.2) is 28.8 Å². The number of rotatable bonds is 5. The molecule has 19 heavy (non-hydrogen) atoms. The summed E-state index contributed by atoms with van der Waals surface area (Å²) in [6, 6.07) is 5.01. The van der Waals surface area contributed by atoms with Crippen LogP contribution in [-0.4, -0.2) is 16.5 Å². The Morgan fingerprint density at radius 3 is 2.95 bits per heavy atom. The van der Waals surface area contributed by atoms with Crippen molar-refractivity contribution in [3.05, 3.63) is 46.0 Å². The van der Waals surface area contributed by atoms with Crippen molar-refractivity contribution in [3.8, 4) is 11.3 Å². The highest BCUT2D eigenvalue weighted by atomic mass is 16.6. The Labute approximate surface area is 110 Å². The molecule has 6 heteroatoms. The van der Waals surface area contributed by atoms with E-state index >= 15 is 0 Å². The molecule has 100 valence electrons. The summed E-state index contributed by atoms with van der Waals surface area (Å²) in [6.07, 6.45) is 1.58. The number of hydrogen-bond donors (Lipinski definition) is 1. The highest BCUT2D eigenvalue weighted by Gasteiger charge is 2.14. The fourth-order valence-electron chi connectivity index (χ4n) is 1.72. The number of oxazole rings is 1. The molecule has 1 aromatic carbocycles. The van der Waals surface area contributed by atoms with Crippen LogP contribution < -0.4 is 5.32 Å². The third-order valence-electron chi connectivity index (χ3n) is 2.77. The average molecular weight is 261 g/mol. The first-order chi connectivity index (χ1) is 9.11. The molecular formula is C13H15N3O3. The summed E-state index contributed by atoms with van der Waals surface area (Å²) in [5.74, 6) is 1.11. The maximum atomic E-state index is 10.9. The molecule has 0 unspecified atom stereocenters. The Hall–Kier alpha value is -2.21. The fraction of sp³-hybridized carbons (Fsp3) is 0.308. The summed E-state index contributed by atoms with van der Waals surface area (Å²) in [5, 5.41) is 14.0. The average Bonchev–Trinajstić information content (AvgIpc) is 2.85. The third-order valence-corrected chi connectivity index (χ3v) is 2.77. The molecule has 0 aliphatic carbocycles. The SMILES string of the molecule is CCNCc1ncc(-c2ccc(C)c([N+](=O)[O-])c2)o1. The van der Waals surface area contributed by atoms with Crippen LogP contribution in [0.1, 0.15) is 18.4 Å². The van der Waals surface area contributed by atoms with E-state index in [1.807, 2.05) is 6.92 Å². The summed E-state index contributed by atoms with van der Waals surface area (Å²) in [5.41, 5.74) is 1.37. The van der Waals surface area contributed by atoms with Crippen molar-refractivity contribution in [2.24, 2.45) is 0 Å². The molecule has 0 amide bonds. The van der Waals surface area contributed by atoms with Gasteiger partial charge in [0.25, 0.3) is 5.69 Å². The molecule has 1 N–H and O–H groups in total. The van der Waals surface area contributed by atoms with Crippen molar-refractivity contribution in [1.29, 1.82) is 0 Å². The van der Waals surface area contributed by atoms with E-state index in [4.69, 9.17) is 4.42 Å². The van der Waals surface area contributed by atoms with Gasteiger partial charge < -0.3 is 9.73 Å². The minimum atomic E-state index is -0.394. The van der Waals surface area contributed by atoms with E-state index in [0.29, 0.717) is 29.3 Å². The van der Waals surface area contributed by atoms with E-state index in [9.17, 15) is 10.1 Å². The Morgan fingerprint density at radius 1 is 1.47 bits per heavy atom. The van der Waals surface area contributed by atoms with Crippen molar-refractivity contribution < 1.29 is 9.34 Å². The first-order valence-corrected chi connectivity index (χ1v) is 6.02. The summed E-state index contributed by atoms with van der Waals surface area (Å²) in [7, 11) is 0. The lowest BCUT2D eigenvalue weighted by molar-refractivity contribution is -0.385. The van der Waals surface area contributed by atoms with Crippen LogP contribution in [-0.2, 0) is 6.54 Å². The highest BCUT2D eigenvalue weighted by Crippen LogP contribution is 2.27. The molecular weight excluding hydrogens is 246 g/mol. The Bertz CT molecular complexity index is 593. The number of aryl methyl sites for hydroxylation is 1. The van der Waals surface area contributed by atoms with Crippen LogP contribution >= 0.6 is 0 Å².